The summed E-state index contributed by atoms with van der Waals surface area (Å²) in [5, 5.41) is 0. The average Bonchev–Trinajstić information content (AvgIpc) is 2.89. The highest BCUT2D eigenvalue weighted by atomic mass is 16.5. The number of ether oxygens (including phenoxy) is 1. The van der Waals surface area contributed by atoms with Crippen molar-refractivity contribution in [3.05, 3.63) is 23.3 Å². The van der Waals surface area contributed by atoms with Crippen LogP contribution >= 0.6 is 0 Å². The van der Waals surface area contributed by atoms with E-state index in [9.17, 15) is 4.79 Å². The molecule has 0 radical (unpaired) electrons. The molecule has 2 fully saturated rings. The van der Waals surface area contributed by atoms with Crippen molar-refractivity contribution < 1.29 is 9.53 Å². The van der Waals surface area contributed by atoms with Crippen molar-refractivity contribution in [1.29, 1.82) is 0 Å². The first-order valence-electron chi connectivity index (χ1n) is 6.79. The second-order valence-electron chi connectivity index (χ2n) is 5.62. The van der Waals surface area contributed by atoms with E-state index in [0.717, 1.165) is 24.2 Å². The molecule has 5 nitrogen and oxygen atoms in total. The zero-order valence-electron chi connectivity index (χ0n) is 11.6. The van der Waals surface area contributed by atoms with Gasteiger partial charge in [-0.25, -0.2) is 9.97 Å². The molecule has 19 heavy (non-hydrogen) atoms. The third-order valence-electron chi connectivity index (χ3n) is 4.25. The zero-order chi connectivity index (χ0) is 13.6. The molecule has 1 aromatic heterocycles. The summed E-state index contributed by atoms with van der Waals surface area (Å²) >= 11 is 0. The van der Waals surface area contributed by atoms with Crippen LogP contribution in [0.5, 0.6) is 0 Å². The molecular formula is C14H19N3O2. The Morgan fingerprint density at radius 3 is 2.89 bits per heavy atom. The highest BCUT2D eigenvalue weighted by Crippen LogP contribution is 2.33. The molecule has 2 saturated heterocycles. The van der Waals surface area contributed by atoms with Gasteiger partial charge in [-0.05, 0) is 27.2 Å². The summed E-state index contributed by atoms with van der Waals surface area (Å²) in [6.07, 6.45) is 3.05. The Kier molecular flexibility index (Phi) is 3.01. The summed E-state index contributed by atoms with van der Waals surface area (Å²) in [5.74, 6) is 0.496. The van der Waals surface area contributed by atoms with E-state index in [1.54, 1.807) is 0 Å². The van der Waals surface area contributed by atoms with Crippen molar-refractivity contribution in [2.24, 2.45) is 5.92 Å². The molecule has 0 aliphatic carbocycles. The Morgan fingerprint density at radius 2 is 2.16 bits per heavy atom. The lowest BCUT2D eigenvalue weighted by atomic mass is 10.0. The van der Waals surface area contributed by atoms with Crippen molar-refractivity contribution >= 4 is 5.91 Å². The summed E-state index contributed by atoms with van der Waals surface area (Å²) < 4.78 is 5.83. The molecule has 1 aromatic rings. The minimum atomic E-state index is 0.00801. The minimum Gasteiger partial charge on any atom is -0.373 e. The normalized spacial score (nSPS) is 29.6. The molecule has 0 saturated carbocycles. The van der Waals surface area contributed by atoms with E-state index >= 15 is 0 Å². The monoisotopic (exact) mass is 261 g/mol. The number of amides is 1. The Balaban J connectivity index is 1.77. The number of hydrogen-bond donors (Lipinski definition) is 0. The van der Waals surface area contributed by atoms with Crippen LogP contribution in [0.4, 0.5) is 0 Å². The van der Waals surface area contributed by atoms with Crippen molar-refractivity contribution in [1.82, 2.24) is 14.9 Å². The molecular weight excluding hydrogens is 242 g/mol. The van der Waals surface area contributed by atoms with E-state index in [1.165, 1.54) is 6.33 Å². The van der Waals surface area contributed by atoms with Gasteiger partial charge >= 0.3 is 0 Å². The van der Waals surface area contributed by atoms with Crippen LogP contribution in [-0.2, 0) is 4.74 Å². The zero-order valence-corrected chi connectivity index (χ0v) is 11.6. The highest BCUT2D eigenvalue weighted by molar-refractivity contribution is 5.94. The van der Waals surface area contributed by atoms with E-state index in [2.05, 4.69) is 16.9 Å². The highest BCUT2D eigenvalue weighted by Gasteiger charge is 2.42. The van der Waals surface area contributed by atoms with Crippen LogP contribution in [0.1, 0.15) is 35.1 Å². The number of aromatic nitrogens is 2. The summed E-state index contributed by atoms with van der Waals surface area (Å²) in [4.78, 5) is 22.6. The van der Waals surface area contributed by atoms with Crippen LogP contribution in [0.25, 0.3) is 0 Å². The maximum atomic E-state index is 12.5. The number of fused-ring (bicyclic) bond motifs is 1. The number of carbonyl (C=O) groups excluding carboxylic acids is 1. The van der Waals surface area contributed by atoms with Crippen molar-refractivity contribution in [3.63, 3.8) is 0 Å². The van der Waals surface area contributed by atoms with E-state index in [4.69, 9.17) is 4.74 Å². The molecule has 5 heteroatoms. The topological polar surface area (TPSA) is 55.3 Å². The summed E-state index contributed by atoms with van der Waals surface area (Å²) in [5.41, 5.74) is 2.27. The van der Waals surface area contributed by atoms with Gasteiger partial charge < -0.3 is 9.64 Å². The van der Waals surface area contributed by atoms with Gasteiger partial charge in [0.15, 0.2) is 0 Å². The third kappa shape index (κ3) is 2.12. The van der Waals surface area contributed by atoms with Crippen LogP contribution < -0.4 is 0 Å². The molecule has 3 rings (SSSR count). The third-order valence-corrected chi connectivity index (χ3v) is 4.25. The van der Waals surface area contributed by atoms with E-state index in [-0.39, 0.29) is 12.0 Å². The standard InChI is InChI=1S/C14H19N3O2/c1-8-4-11-5-17(6-12(11)19-8)14(18)13-9(2)10(3)15-7-16-13/h7-8,11-12H,4-6H2,1-3H3/t8-,11+,12-/m0/s1. The Morgan fingerprint density at radius 1 is 1.37 bits per heavy atom. The number of likely N-dealkylation sites (tertiary alicyclic amines) is 1. The Labute approximate surface area is 113 Å². The van der Waals surface area contributed by atoms with Crippen LogP contribution in [-0.4, -0.2) is 46.1 Å². The fourth-order valence-electron chi connectivity index (χ4n) is 3.07. The molecule has 0 spiro atoms. The van der Waals surface area contributed by atoms with Crippen LogP contribution in [0.2, 0.25) is 0 Å². The second-order valence-corrected chi connectivity index (χ2v) is 5.62. The van der Waals surface area contributed by atoms with Gasteiger partial charge in [-0.15, -0.1) is 0 Å². The molecule has 3 atom stereocenters. The second kappa shape index (κ2) is 4.56. The first-order valence-corrected chi connectivity index (χ1v) is 6.79. The first-order chi connectivity index (χ1) is 9.06. The average molecular weight is 261 g/mol. The van der Waals surface area contributed by atoms with Gasteiger partial charge in [0.2, 0.25) is 0 Å². The molecule has 3 heterocycles. The Bertz CT molecular complexity index is 503. The fraction of sp³-hybridized carbons (Fsp3) is 0.643. The van der Waals surface area contributed by atoms with Gasteiger partial charge in [0.05, 0.1) is 12.2 Å². The van der Waals surface area contributed by atoms with Crippen LogP contribution in [0, 0.1) is 19.8 Å². The number of rotatable bonds is 1. The van der Waals surface area contributed by atoms with Crippen molar-refractivity contribution in [2.75, 3.05) is 13.1 Å². The maximum Gasteiger partial charge on any atom is 0.272 e. The largest absolute Gasteiger partial charge is 0.373 e. The maximum absolute atomic E-state index is 12.5. The Hall–Kier alpha value is -1.49. The lowest BCUT2D eigenvalue weighted by Crippen LogP contribution is -2.32. The minimum absolute atomic E-state index is 0.00801. The SMILES string of the molecule is Cc1ncnc(C(=O)N2C[C@H]3C[C@H](C)O[C@H]3C2)c1C. The van der Waals surface area contributed by atoms with E-state index in [1.807, 2.05) is 18.7 Å². The number of aryl methyl sites for hydroxylation is 1. The van der Waals surface area contributed by atoms with Crippen LogP contribution in [0.3, 0.4) is 0 Å². The van der Waals surface area contributed by atoms with Gasteiger partial charge in [-0.3, -0.25) is 4.79 Å². The molecule has 0 aromatic carbocycles. The smallest absolute Gasteiger partial charge is 0.272 e. The molecule has 0 bridgehead atoms. The summed E-state index contributed by atoms with van der Waals surface area (Å²) in [6, 6.07) is 0. The lowest BCUT2D eigenvalue weighted by Gasteiger charge is -2.19. The number of nitrogens with zero attached hydrogens (tertiary/aromatic N) is 3. The van der Waals surface area contributed by atoms with Crippen LogP contribution in [0.15, 0.2) is 6.33 Å². The molecule has 0 unspecified atom stereocenters. The van der Waals surface area contributed by atoms with Gasteiger partial charge in [-0.1, -0.05) is 0 Å². The van der Waals surface area contributed by atoms with Crippen molar-refractivity contribution in [2.45, 2.75) is 39.4 Å². The molecule has 0 N–H and O–H groups in total. The van der Waals surface area contributed by atoms with E-state index in [0.29, 0.717) is 24.3 Å². The summed E-state index contributed by atoms with van der Waals surface area (Å²) in [7, 11) is 0. The van der Waals surface area contributed by atoms with Gasteiger partial charge in [0, 0.05) is 30.3 Å². The first kappa shape index (κ1) is 12.5. The molecule has 102 valence electrons. The predicted octanol–water partition coefficient (Wildman–Crippen LogP) is 1.34. The number of carbonyl (C=O) groups is 1. The lowest BCUT2D eigenvalue weighted by molar-refractivity contribution is 0.0441. The van der Waals surface area contributed by atoms with Gasteiger partial charge in [0.25, 0.3) is 5.91 Å². The van der Waals surface area contributed by atoms with Gasteiger partial charge in [0.1, 0.15) is 12.0 Å². The quantitative estimate of drug-likeness (QED) is 0.765. The predicted molar refractivity (Wildman–Crippen MR) is 69.9 cm³/mol. The van der Waals surface area contributed by atoms with E-state index < -0.39 is 0 Å². The number of hydrogen-bond acceptors (Lipinski definition) is 4. The fourth-order valence-corrected chi connectivity index (χ4v) is 3.07. The van der Waals surface area contributed by atoms with Gasteiger partial charge in [-0.2, -0.15) is 0 Å². The molecule has 2 aliphatic rings. The molecule has 1 amide bonds. The summed E-state index contributed by atoms with van der Waals surface area (Å²) in [6.45, 7) is 7.38. The molecule has 2 aliphatic heterocycles. The van der Waals surface area contributed by atoms with Crippen molar-refractivity contribution in [3.8, 4) is 0 Å².